The zero-order chi connectivity index (χ0) is 13.7. The molecule has 0 aliphatic rings. The van der Waals surface area contributed by atoms with Gasteiger partial charge in [-0.25, -0.2) is 4.68 Å². The van der Waals surface area contributed by atoms with E-state index in [0.717, 1.165) is 5.69 Å². The van der Waals surface area contributed by atoms with Gasteiger partial charge in [-0.2, -0.15) is 4.98 Å². The number of nitrogens with zero attached hydrogens (tertiary/aromatic N) is 3. The number of aromatic nitrogens is 3. The molecule has 0 radical (unpaired) electrons. The third kappa shape index (κ3) is 3.54. The smallest absolute Gasteiger partial charge is 0.335 e. The molecule has 0 spiro atoms. The minimum atomic E-state index is -0.541. The highest BCUT2D eigenvalue weighted by atomic mass is 79.9. The van der Waals surface area contributed by atoms with Crippen molar-refractivity contribution in [2.24, 2.45) is 0 Å². The lowest BCUT2D eigenvalue weighted by Crippen LogP contribution is -2.23. The Morgan fingerprint density at radius 2 is 2.16 bits per heavy atom. The first-order valence-electron chi connectivity index (χ1n) is 5.52. The first-order chi connectivity index (χ1) is 9.20. The maximum absolute atomic E-state index is 11.2. The van der Waals surface area contributed by atoms with Crippen molar-refractivity contribution in [3.05, 3.63) is 36.7 Å². The van der Waals surface area contributed by atoms with E-state index in [1.54, 1.807) is 11.0 Å². The Bertz CT molecular complexity index is 544. The number of hydrogen-bond donors (Lipinski definition) is 0. The maximum Gasteiger partial charge on any atom is 0.335 e. The van der Waals surface area contributed by atoms with Crippen molar-refractivity contribution in [3.8, 4) is 11.7 Å². The number of hydrogen-bond acceptors (Lipinski definition) is 5. The van der Waals surface area contributed by atoms with Gasteiger partial charge in [0, 0.05) is 0 Å². The number of esters is 1. The number of carbonyl (C=O) groups excluding carboxylic acids is 1. The summed E-state index contributed by atoms with van der Waals surface area (Å²) >= 11 is 3.15. The van der Waals surface area contributed by atoms with Crippen LogP contribution in [0.15, 0.2) is 36.7 Å². The van der Waals surface area contributed by atoms with E-state index in [0.29, 0.717) is 0 Å². The molecule has 0 aliphatic heterocycles. The van der Waals surface area contributed by atoms with Crippen LogP contribution in [0.4, 0.5) is 0 Å². The summed E-state index contributed by atoms with van der Waals surface area (Å²) in [5, 5.41) is 4.15. The summed E-state index contributed by atoms with van der Waals surface area (Å²) in [7, 11) is 1.32. The number of rotatable bonds is 5. The molecule has 0 aliphatic carbocycles. The summed E-state index contributed by atoms with van der Waals surface area (Å²) < 4.78 is 11.5. The summed E-state index contributed by atoms with van der Waals surface area (Å²) in [6.45, 7) is 0.103. The summed E-state index contributed by atoms with van der Waals surface area (Å²) in [4.78, 5) is 14.6. The second-order valence-corrected chi connectivity index (χ2v) is 4.71. The topological polar surface area (TPSA) is 66.2 Å². The maximum atomic E-state index is 11.2. The van der Waals surface area contributed by atoms with Gasteiger partial charge in [0.25, 0.3) is 0 Å². The lowest BCUT2D eigenvalue weighted by molar-refractivity contribution is -0.140. The molecular formula is C12H12BrN3O3. The highest BCUT2D eigenvalue weighted by molar-refractivity contribution is 9.10. The number of ether oxygens (including phenoxy) is 2. The number of halogens is 1. The first kappa shape index (κ1) is 13.5. The molecule has 0 bridgehead atoms. The number of carbonyl (C=O) groups is 1. The van der Waals surface area contributed by atoms with Crippen LogP contribution in [0.1, 0.15) is 0 Å². The molecule has 2 aromatic rings. The zero-order valence-corrected chi connectivity index (χ0v) is 11.8. The molecule has 19 heavy (non-hydrogen) atoms. The summed E-state index contributed by atoms with van der Waals surface area (Å²) in [6.07, 6.45) is 1.55. The van der Waals surface area contributed by atoms with Gasteiger partial charge < -0.3 is 9.47 Å². The van der Waals surface area contributed by atoms with E-state index < -0.39 is 10.8 Å². The van der Waals surface area contributed by atoms with Crippen LogP contribution in [0.25, 0.3) is 5.69 Å². The van der Waals surface area contributed by atoms with Crippen LogP contribution in [-0.4, -0.2) is 39.3 Å². The van der Waals surface area contributed by atoms with Crippen molar-refractivity contribution in [2.45, 2.75) is 4.83 Å². The van der Waals surface area contributed by atoms with Crippen LogP contribution < -0.4 is 4.74 Å². The van der Waals surface area contributed by atoms with Gasteiger partial charge in [-0.3, -0.25) is 4.79 Å². The second kappa shape index (κ2) is 6.33. The third-order valence-electron chi connectivity index (χ3n) is 2.31. The molecule has 1 aromatic carbocycles. The minimum Gasteiger partial charge on any atom is -0.468 e. The molecule has 0 fully saturated rings. The second-order valence-electron chi connectivity index (χ2n) is 3.61. The standard InChI is InChI=1S/C12H12BrN3O3/c1-18-11(17)10(13)7-19-12-14-8-16(15-12)9-5-3-2-4-6-9/h2-6,8,10H,7H2,1H3. The van der Waals surface area contributed by atoms with Gasteiger partial charge in [-0.05, 0) is 12.1 Å². The van der Waals surface area contributed by atoms with Gasteiger partial charge in [0.15, 0.2) is 0 Å². The van der Waals surface area contributed by atoms with Crippen molar-refractivity contribution < 1.29 is 14.3 Å². The van der Waals surface area contributed by atoms with E-state index in [1.165, 1.54) is 7.11 Å². The molecular weight excluding hydrogens is 314 g/mol. The summed E-state index contributed by atoms with van der Waals surface area (Å²) in [5.74, 6) is -0.400. The molecule has 1 atom stereocenters. The van der Waals surface area contributed by atoms with Crippen LogP contribution in [0.2, 0.25) is 0 Å². The normalized spacial score (nSPS) is 11.9. The van der Waals surface area contributed by atoms with Crippen molar-refractivity contribution >= 4 is 21.9 Å². The monoisotopic (exact) mass is 325 g/mol. The third-order valence-corrected chi connectivity index (χ3v) is 2.95. The molecule has 1 aromatic heterocycles. The SMILES string of the molecule is COC(=O)C(Br)COc1ncn(-c2ccccc2)n1. The Hall–Kier alpha value is -1.89. The molecule has 1 heterocycles. The first-order valence-corrected chi connectivity index (χ1v) is 6.44. The Labute approximate surface area is 118 Å². The highest BCUT2D eigenvalue weighted by Crippen LogP contribution is 2.10. The van der Waals surface area contributed by atoms with E-state index in [4.69, 9.17) is 4.74 Å². The Balaban J connectivity index is 1.97. The quantitative estimate of drug-likeness (QED) is 0.616. The Kier molecular flexibility index (Phi) is 4.51. The Morgan fingerprint density at radius 3 is 2.84 bits per heavy atom. The van der Waals surface area contributed by atoms with Crippen LogP contribution >= 0.6 is 15.9 Å². The van der Waals surface area contributed by atoms with Gasteiger partial charge in [-0.1, -0.05) is 34.1 Å². The predicted octanol–water partition coefficient (Wildman–Crippen LogP) is 1.58. The van der Waals surface area contributed by atoms with E-state index in [-0.39, 0.29) is 12.6 Å². The molecule has 0 N–H and O–H groups in total. The van der Waals surface area contributed by atoms with Crippen molar-refractivity contribution in [2.75, 3.05) is 13.7 Å². The van der Waals surface area contributed by atoms with E-state index >= 15 is 0 Å². The average molecular weight is 326 g/mol. The molecule has 6 nitrogen and oxygen atoms in total. The molecule has 0 amide bonds. The lowest BCUT2D eigenvalue weighted by atomic mass is 10.3. The fraction of sp³-hybridized carbons (Fsp3) is 0.250. The molecule has 0 saturated heterocycles. The molecule has 7 heteroatoms. The summed E-state index contributed by atoms with van der Waals surface area (Å²) in [5.41, 5.74) is 0.883. The largest absolute Gasteiger partial charge is 0.468 e. The Morgan fingerprint density at radius 1 is 1.42 bits per heavy atom. The number of para-hydroxylation sites is 1. The predicted molar refractivity (Wildman–Crippen MR) is 71.6 cm³/mol. The minimum absolute atomic E-state index is 0.103. The fourth-order valence-corrected chi connectivity index (χ4v) is 1.68. The number of methoxy groups -OCH3 is 1. The molecule has 2 rings (SSSR count). The van der Waals surface area contributed by atoms with Crippen molar-refractivity contribution in [1.82, 2.24) is 14.8 Å². The lowest BCUT2D eigenvalue weighted by Gasteiger charge is -2.06. The van der Waals surface area contributed by atoms with Crippen LogP contribution in [0.3, 0.4) is 0 Å². The van der Waals surface area contributed by atoms with Crippen LogP contribution in [0.5, 0.6) is 6.01 Å². The van der Waals surface area contributed by atoms with Gasteiger partial charge in [0.2, 0.25) is 0 Å². The van der Waals surface area contributed by atoms with Gasteiger partial charge in [0.05, 0.1) is 12.8 Å². The van der Waals surface area contributed by atoms with Gasteiger partial charge >= 0.3 is 12.0 Å². The molecule has 100 valence electrons. The van der Waals surface area contributed by atoms with Gasteiger partial charge in [0.1, 0.15) is 17.8 Å². The molecule has 1 unspecified atom stereocenters. The van der Waals surface area contributed by atoms with E-state index in [9.17, 15) is 4.79 Å². The van der Waals surface area contributed by atoms with Crippen LogP contribution in [0, 0.1) is 0 Å². The average Bonchev–Trinajstić information content (AvgIpc) is 2.93. The number of alkyl halides is 1. The van der Waals surface area contributed by atoms with Crippen LogP contribution in [-0.2, 0) is 9.53 Å². The van der Waals surface area contributed by atoms with Crippen molar-refractivity contribution in [1.29, 1.82) is 0 Å². The molecule has 0 saturated carbocycles. The summed E-state index contributed by atoms with van der Waals surface area (Å²) in [6, 6.07) is 9.74. The van der Waals surface area contributed by atoms with E-state index in [1.807, 2.05) is 30.3 Å². The van der Waals surface area contributed by atoms with Crippen molar-refractivity contribution in [3.63, 3.8) is 0 Å². The number of benzene rings is 1. The zero-order valence-electron chi connectivity index (χ0n) is 10.2. The highest BCUT2D eigenvalue weighted by Gasteiger charge is 2.16. The van der Waals surface area contributed by atoms with Gasteiger partial charge in [-0.15, -0.1) is 5.10 Å². The van der Waals surface area contributed by atoms with E-state index in [2.05, 4.69) is 30.7 Å². The fourth-order valence-electron chi connectivity index (χ4n) is 1.36.